The number of amides is 1. The van der Waals surface area contributed by atoms with Crippen LogP contribution in [0.4, 0.5) is 5.69 Å². The van der Waals surface area contributed by atoms with Crippen molar-refractivity contribution in [2.24, 2.45) is 0 Å². The smallest absolute Gasteiger partial charge is 0.281 e. The third-order valence-corrected chi connectivity index (χ3v) is 7.88. The summed E-state index contributed by atoms with van der Waals surface area (Å²) >= 11 is 6.24. The van der Waals surface area contributed by atoms with Gasteiger partial charge in [-0.15, -0.1) is 0 Å². The fourth-order valence-corrected chi connectivity index (χ4v) is 5.26. The van der Waals surface area contributed by atoms with E-state index in [1.165, 1.54) is 12.1 Å². The molecule has 7 heteroatoms. The summed E-state index contributed by atoms with van der Waals surface area (Å²) in [6.07, 6.45) is 1.94. The number of halogens is 1. The average Bonchev–Trinajstić information content (AvgIpc) is 2.82. The number of hydrogen-bond acceptors (Lipinski definition) is 4. The quantitative estimate of drug-likeness (QED) is 0.337. The van der Waals surface area contributed by atoms with Crippen LogP contribution in [0.15, 0.2) is 71.6 Å². The predicted octanol–water partition coefficient (Wildman–Crippen LogP) is 6.49. The van der Waals surface area contributed by atoms with Gasteiger partial charge in [0.1, 0.15) is 5.75 Å². The highest BCUT2D eigenvalue weighted by Gasteiger charge is 2.35. The van der Waals surface area contributed by atoms with Gasteiger partial charge >= 0.3 is 0 Å². The molecule has 1 unspecified atom stereocenters. The lowest BCUT2D eigenvalue weighted by molar-refractivity contribution is -0.123. The van der Waals surface area contributed by atoms with E-state index in [9.17, 15) is 13.2 Å². The molecular formula is C27H30ClNO4S. The second-order valence-electron chi connectivity index (χ2n) is 8.32. The Balaban J connectivity index is 1.98. The van der Waals surface area contributed by atoms with E-state index >= 15 is 0 Å². The van der Waals surface area contributed by atoms with Crippen molar-refractivity contribution >= 4 is 33.2 Å². The van der Waals surface area contributed by atoms with E-state index < -0.39 is 22.0 Å². The highest BCUT2D eigenvalue weighted by Crippen LogP contribution is 2.29. The SMILES string of the molecule is CCCCc1ccc(N(C(=O)C(C)Oc2cc(C)c(Cl)c(C)c2)S(=O)(=O)c2ccccc2)cc1. The molecule has 3 rings (SSSR count). The molecule has 1 atom stereocenters. The molecule has 0 aliphatic rings. The molecule has 0 saturated carbocycles. The first-order valence-electron chi connectivity index (χ1n) is 11.3. The Bertz CT molecular complexity index is 1220. The molecule has 5 nitrogen and oxygen atoms in total. The van der Waals surface area contributed by atoms with E-state index in [2.05, 4.69) is 6.92 Å². The van der Waals surface area contributed by atoms with E-state index in [1.807, 2.05) is 26.0 Å². The Morgan fingerprint density at radius 2 is 1.59 bits per heavy atom. The lowest BCUT2D eigenvalue weighted by atomic mass is 10.1. The van der Waals surface area contributed by atoms with Crippen LogP contribution in [-0.4, -0.2) is 20.4 Å². The Kier molecular flexibility index (Phi) is 8.39. The second-order valence-corrected chi connectivity index (χ2v) is 10.5. The van der Waals surface area contributed by atoms with E-state index in [0.717, 1.165) is 40.3 Å². The Labute approximate surface area is 207 Å². The van der Waals surface area contributed by atoms with Gasteiger partial charge in [0.25, 0.3) is 15.9 Å². The zero-order valence-electron chi connectivity index (χ0n) is 19.9. The number of unbranched alkanes of at least 4 members (excludes halogenated alkanes) is 1. The number of carbonyl (C=O) groups excluding carboxylic acids is 1. The van der Waals surface area contributed by atoms with Gasteiger partial charge in [-0.05, 0) is 86.7 Å². The minimum atomic E-state index is -4.16. The molecule has 34 heavy (non-hydrogen) atoms. The summed E-state index contributed by atoms with van der Waals surface area (Å²) in [5.74, 6) is -0.234. The third kappa shape index (κ3) is 5.80. The summed E-state index contributed by atoms with van der Waals surface area (Å²) in [4.78, 5) is 13.6. The molecule has 3 aromatic rings. The summed E-state index contributed by atoms with van der Waals surface area (Å²) in [6, 6.07) is 18.5. The van der Waals surface area contributed by atoms with Crippen LogP contribution in [-0.2, 0) is 21.2 Å². The molecule has 0 N–H and O–H groups in total. The van der Waals surface area contributed by atoms with E-state index in [4.69, 9.17) is 16.3 Å². The van der Waals surface area contributed by atoms with Crippen LogP contribution in [0.25, 0.3) is 0 Å². The number of hydrogen-bond donors (Lipinski definition) is 0. The van der Waals surface area contributed by atoms with Gasteiger partial charge in [-0.3, -0.25) is 4.79 Å². The van der Waals surface area contributed by atoms with E-state index in [-0.39, 0.29) is 10.6 Å². The molecule has 0 spiro atoms. The Hall–Kier alpha value is -2.83. The Morgan fingerprint density at radius 1 is 1.00 bits per heavy atom. The van der Waals surface area contributed by atoms with Gasteiger partial charge in [0.2, 0.25) is 0 Å². The molecule has 0 aromatic heterocycles. The van der Waals surface area contributed by atoms with Gasteiger partial charge in [0.15, 0.2) is 6.10 Å². The highest BCUT2D eigenvalue weighted by atomic mass is 35.5. The van der Waals surface area contributed by atoms with Crippen LogP contribution in [0, 0.1) is 13.8 Å². The van der Waals surface area contributed by atoms with Crippen molar-refractivity contribution in [2.45, 2.75) is 58.0 Å². The van der Waals surface area contributed by atoms with Crippen LogP contribution >= 0.6 is 11.6 Å². The van der Waals surface area contributed by atoms with Crippen LogP contribution in [0.2, 0.25) is 5.02 Å². The van der Waals surface area contributed by atoms with Gasteiger partial charge in [-0.1, -0.05) is 55.3 Å². The van der Waals surface area contributed by atoms with Gasteiger partial charge in [-0.2, -0.15) is 4.31 Å². The van der Waals surface area contributed by atoms with Gasteiger partial charge in [-0.25, -0.2) is 8.42 Å². The maximum Gasteiger partial charge on any atom is 0.281 e. The number of ether oxygens (including phenoxy) is 1. The minimum absolute atomic E-state index is 0.0313. The zero-order chi connectivity index (χ0) is 24.9. The lowest BCUT2D eigenvalue weighted by Crippen LogP contribution is -2.44. The summed E-state index contributed by atoms with van der Waals surface area (Å²) in [5.41, 5.74) is 2.99. The standard InChI is InChI=1S/C27H30ClNO4S/c1-5-6-10-22-13-15-23(16-14-22)29(34(31,32)25-11-8-7-9-12-25)27(30)21(4)33-24-17-19(2)26(28)20(3)18-24/h7-9,11-18,21H,5-6,10H2,1-4H3. The van der Waals surface area contributed by atoms with E-state index in [1.54, 1.807) is 49.4 Å². The molecule has 180 valence electrons. The van der Waals surface area contributed by atoms with Crippen molar-refractivity contribution in [1.82, 2.24) is 0 Å². The van der Waals surface area contributed by atoms with Crippen molar-refractivity contribution in [3.05, 3.63) is 88.4 Å². The number of carbonyl (C=O) groups is 1. The molecular weight excluding hydrogens is 470 g/mol. The maximum absolute atomic E-state index is 13.6. The number of anilines is 1. The van der Waals surface area contributed by atoms with Crippen LogP contribution < -0.4 is 9.04 Å². The molecule has 0 saturated heterocycles. The number of rotatable bonds is 9. The van der Waals surface area contributed by atoms with Gasteiger partial charge in [0, 0.05) is 5.02 Å². The summed E-state index contributed by atoms with van der Waals surface area (Å²) in [5, 5.41) is 0.628. The Morgan fingerprint density at radius 3 is 2.15 bits per heavy atom. The largest absolute Gasteiger partial charge is 0.481 e. The number of sulfonamides is 1. The molecule has 1 amide bonds. The molecule has 0 fully saturated rings. The number of benzene rings is 3. The summed E-state index contributed by atoms with van der Waals surface area (Å²) in [6.45, 7) is 7.36. The van der Waals surface area contributed by atoms with Crippen molar-refractivity contribution in [1.29, 1.82) is 0 Å². The fraction of sp³-hybridized carbons (Fsp3) is 0.296. The van der Waals surface area contributed by atoms with Crippen molar-refractivity contribution in [3.8, 4) is 5.75 Å². The van der Waals surface area contributed by atoms with Gasteiger partial charge < -0.3 is 4.74 Å². The minimum Gasteiger partial charge on any atom is -0.481 e. The number of nitrogens with zero attached hydrogens (tertiary/aromatic N) is 1. The average molecular weight is 500 g/mol. The van der Waals surface area contributed by atoms with Crippen LogP contribution in [0.1, 0.15) is 43.4 Å². The number of aryl methyl sites for hydroxylation is 3. The molecule has 0 aliphatic heterocycles. The van der Waals surface area contributed by atoms with E-state index in [0.29, 0.717) is 10.8 Å². The topological polar surface area (TPSA) is 63.7 Å². The van der Waals surface area contributed by atoms with Crippen molar-refractivity contribution in [2.75, 3.05) is 4.31 Å². The van der Waals surface area contributed by atoms with Gasteiger partial charge in [0.05, 0.1) is 10.6 Å². The second kappa shape index (κ2) is 11.1. The normalized spacial score (nSPS) is 12.3. The summed E-state index contributed by atoms with van der Waals surface area (Å²) < 4.78 is 33.9. The highest BCUT2D eigenvalue weighted by molar-refractivity contribution is 7.93. The lowest BCUT2D eigenvalue weighted by Gasteiger charge is -2.26. The molecule has 3 aromatic carbocycles. The maximum atomic E-state index is 13.6. The first kappa shape index (κ1) is 25.8. The fourth-order valence-electron chi connectivity index (χ4n) is 3.66. The first-order chi connectivity index (χ1) is 16.1. The first-order valence-corrected chi connectivity index (χ1v) is 13.1. The molecule has 0 bridgehead atoms. The molecule has 0 radical (unpaired) electrons. The van der Waals surface area contributed by atoms with Crippen molar-refractivity contribution < 1.29 is 17.9 Å². The monoisotopic (exact) mass is 499 g/mol. The van der Waals surface area contributed by atoms with Crippen molar-refractivity contribution in [3.63, 3.8) is 0 Å². The zero-order valence-corrected chi connectivity index (χ0v) is 21.5. The summed E-state index contributed by atoms with van der Waals surface area (Å²) in [7, 11) is -4.16. The predicted molar refractivity (Wildman–Crippen MR) is 137 cm³/mol. The third-order valence-electron chi connectivity index (χ3n) is 5.54. The van der Waals surface area contributed by atoms with Crippen LogP contribution in [0.5, 0.6) is 5.75 Å². The molecule has 0 heterocycles. The van der Waals surface area contributed by atoms with Crippen LogP contribution in [0.3, 0.4) is 0 Å². The molecule has 0 aliphatic carbocycles.